The van der Waals surface area contributed by atoms with Gasteiger partial charge in [-0.05, 0) is 48.4 Å². The molecule has 1 aromatic heterocycles. The number of aryl methyl sites for hydroxylation is 1. The first kappa shape index (κ1) is 16.6. The summed E-state index contributed by atoms with van der Waals surface area (Å²) in [5.74, 6) is -0.149. The number of H-pyrrole nitrogens is 1. The van der Waals surface area contributed by atoms with Crippen molar-refractivity contribution in [3.05, 3.63) is 65.6 Å². The fraction of sp³-hybridized carbons (Fsp3) is 0.286. The van der Waals surface area contributed by atoms with Crippen LogP contribution in [0.4, 0.5) is 10.1 Å². The second-order valence-electron chi connectivity index (χ2n) is 6.89. The second-order valence-corrected chi connectivity index (χ2v) is 6.89. The summed E-state index contributed by atoms with van der Waals surface area (Å²) >= 11 is 0. The van der Waals surface area contributed by atoms with E-state index in [0.717, 1.165) is 42.6 Å². The lowest BCUT2D eigenvalue weighted by atomic mass is 10.1. The summed E-state index contributed by atoms with van der Waals surface area (Å²) in [6, 6.07) is 13.1. The highest BCUT2D eigenvalue weighted by Crippen LogP contribution is 2.21. The summed E-state index contributed by atoms with van der Waals surface area (Å²) in [5, 5.41) is 0.915. The molecule has 0 radical (unpaired) electrons. The van der Waals surface area contributed by atoms with E-state index in [2.05, 4.69) is 41.1 Å². The number of rotatable bonds is 3. The molecule has 26 heavy (non-hydrogen) atoms. The topological polar surface area (TPSA) is 39.3 Å². The standard InChI is InChI=1S/C21H22FN3O/c1-15-3-2-4-18(11-15)24-7-9-25(10-8-24)21(26)12-16-14-23-20-13-17(22)5-6-19(16)20/h2-6,11,13-14,23H,7-10,12H2,1H3. The average Bonchev–Trinajstić information content (AvgIpc) is 3.03. The molecular weight excluding hydrogens is 329 g/mol. The molecule has 2 aromatic carbocycles. The lowest BCUT2D eigenvalue weighted by Gasteiger charge is -2.36. The molecule has 0 saturated carbocycles. The molecule has 3 aromatic rings. The monoisotopic (exact) mass is 351 g/mol. The summed E-state index contributed by atoms with van der Waals surface area (Å²) in [5.41, 5.74) is 4.12. The van der Waals surface area contributed by atoms with Gasteiger partial charge in [0, 0.05) is 49.0 Å². The first-order chi connectivity index (χ1) is 12.6. The van der Waals surface area contributed by atoms with Crippen LogP contribution in [0.5, 0.6) is 0 Å². The van der Waals surface area contributed by atoms with E-state index >= 15 is 0 Å². The fourth-order valence-corrected chi connectivity index (χ4v) is 3.62. The van der Waals surface area contributed by atoms with Crippen LogP contribution in [0.25, 0.3) is 10.9 Å². The molecule has 0 unspecified atom stereocenters. The Morgan fingerprint density at radius 3 is 2.69 bits per heavy atom. The highest BCUT2D eigenvalue weighted by Gasteiger charge is 2.22. The smallest absolute Gasteiger partial charge is 0.227 e. The van der Waals surface area contributed by atoms with Crippen molar-refractivity contribution < 1.29 is 9.18 Å². The van der Waals surface area contributed by atoms with Crippen molar-refractivity contribution in [2.24, 2.45) is 0 Å². The number of hydrogen-bond acceptors (Lipinski definition) is 2. The number of halogens is 1. The van der Waals surface area contributed by atoms with Crippen LogP contribution in [0, 0.1) is 12.7 Å². The van der Waals surface area contributed by atoms with Crippen LogP contribution >= 0.6 is 0 Å². The third-order valence-corrected chi connectivity index (χ3v) is 5.07. The van der Waals surface area contributed by atoms with Crippen LogP contribution in [0.3, 0.4) is 0 Å². The molecule has 1 amide bonds. The maximum absolute atomic E-state index is 13.3. The summed E-state index contributed by atoms with van der Waals surface area (Å²) < 4.78 is 13.3. The number of aromatic nitrogens is 1. The van der Waals surface area contributed by atoms with Gasteiger partial charge in [-0.3, -0.25) is 4.79 Å². The minimum absolute atomic E-state index is 0.124. The molecule has 2 heterocycles. The summed E-state index contributed by atoms with van der Waals surface area (Å²) in [6.45, 7) is 5.23. The van der Waals surface area contributed by atoms with Gasteiger partial charge >= 0.3 is 0 Å². The van der Waals surface area contributed by atoms with Crippen molar-refractivity contribution in [2.75, 3.05) is 31.1 Å². The quantitative estimate of drug-likeness (QED) is 0.784. The van der Waals surface area contributed by atoms with Crippen molar-refractivity contribution in [3.63, 3.8) is 0 Å². The van der Waals surface area contributed by atoms with Gasteiger partial charge in [0.25, 0.3) is 0 Å². The van der Waals surface area contributed by atoms with Crippen molar-refractivity contribution in [3.8, 4) is 0 Å². The third-order valence-electron chi connectivity index (χ3n) is 5.07. The molecule has 134 valence electrons. The Hall–Kier alpha value is -2.82. The molecule has 1 saturated heterocycles. The molecule has 1 N–H and O–H groups in total. The van der Waals surface area contributed by atoms with Crippen molar-refractivity contribution in [2.45, 2.75) is 13.3 Å². The van der Waals surface area contributed by atoms with E-state index in [-0.39, 0.29) is 11.7 Å². The summed E-state index contributed by atoms with van der Waals surface area (Å²) in [7, 11) is 0. The molecule has 0 bridgehead atoms. The van der Waals surface area contributed by atoms with Crippen LogP contribution in [-0.4, -0.2) is 42.0 Å². The maximum atomic E-state index is 13.3. The predicted molar refractivity (Wildman–Crippen MR) is 102 cm³/mol. The molecule has 0 atom stereocenters. The second kappa shape index (κ2) is 6.83. The Balaban J connectivity index is 1.40. The fourth-order valence-electron chi connectivity index (χ4n) is 3.62. The molecule has 1 fully saturated rings. The predicted octanol–water partition coefficient (Wildman–Crippen LogP) is 3.51. The zero-order valence-electron chi connectivity index (χ0n) is 14.8. The van der Waals surface area contributed by atoms with Gasteiger partial charge in [0.2, 0.25) is 5.91 Å². The van der Waals surface area contributed by atoms with Crippen molar-refractivity contribution in [1.82, 2.24) is 9.88 Å². The Morgan fingerprint density at radius 2 is 1.92 bits per heavy atom. The van der Waals surface area contributed by atoms with Gasteiger partial charge in [-0.2, -0.15) is 0 Å². The van der Waals surface area contributed by atoms with Gasteiger partial charge in [-0.1, -0.05) is 12.1 Å². The number of piperazine rings is 1. The normalized spacial score (nSPS) is 14.8. The number of nitrogens with one attached hydrogen (secondary N) is 1. The van der Waals surface area contributed by atoms with Crippen LogP contribution in [0.15, 0.2) is 48.7 Å². The average molecular weight is 351 g/mol. The number of anilines is 1. The third kappa shape index (κ3) is 3.29. The zero-order valence-corrected chi connectivity index (χ0v) is 14.8. The van der Waals surface area contributed by atoms with Crippen LogP contribution in [0.1, 0.15) is 11.1 Å². The highest BCUT2D eigenvalue weighted by atomic mass is 19.1. The Labute approximate surface area is 152 Å². The number of carbonyl (C=O) groups excluding carboxylic acids is 1. The Bertz CT molecular complexity index is 941. The molecule has 0 spiro atoms. The molecule has 5 heteroatoms. The van der Waals surface area contributed by atoms with E-state index < -0.39 is 0 Å². The number of hydrogen-bond donors (Lipinski definition) is 1. The maximum Gasteiger partial charge on any atom is 0.227 e. The molecule has 1 aliphatic rings. The van der Waals surface area contributed by atoms with Gasteiger partial charge in [-0.25, -0.2) is 4.39 Å². The zero-order chi connectivity index (χ0) is 18.1. The van der Waals surface area contributed by atoms with Gasteiger partial charge in [-0.15, -0.1) is 0 Å². The van der Waals surface area contributed by atoms with E-state index in [1.807, 2.05) is 11.1 Å². The van der Waals surface area contributed by atoms with Crippen LogP contribution in [0.2, 0.25) is 0 Å². The number of nitrogens with zero attached hydrogens (tertiary/aromatic N) is 2. The van der Waals surface area contributed by atoms with Gasteiger partial charge in [0.1, 0.15) is 5.82 Å². The minimum atomic E-state index is -0.274. The van der Waals surface area contributed by atoms with E-state index in [4.69, 9.17) is 0 Å². The molecule has 4 nitrogen and oxygen atoms in total. The van der Waals surface area contributed by atoms with E-state index in [9.17, 15) is 9.18 Å². The highest BCUT2D eigenvalue weighted by molar-refractivity contribution is 5.89. The number of fused-ring (bicyclic) bond motifs is 1. The Kier molecular flexibility index (Phi) is 4.37. The van der Waals surface area contributed by atoms with E-state index in [0.29, 0.717) is 6.42 Å². The SMILES string of the molecule is Cc1cccc(N2CCN(C(=O)Cc3c[nH]c4cc(F)ccc34)CC2)c1. The van der Waals surface area contributed by atoms with Gasteiger partial charge < -0.3 is 14.8 Å². The lowest BCUT2D eigenvalue weighted by Crippen LogP contribution is -2.49. The minimum Gasteiger partial charge on any atom is -0.368 e. The summed E-state index contributed by atoms with van der Waals surface area (Å²) in [4.78, 5) is 20.0. The summed E-state index contributed by atoms with van der Waals surface area (Å²) in [6.07, 6.45) is 2.15. The lowest BCUT2D eigenvalue weighted by molar-refractivity contribution is -0.130. The number of benzene rings is 2. The molecule has 4 rings (SSSR count). The van der Waals surface area contributed by atoms with Gasteiger partial charge in [0.15, 0.2) is 0 Å². The molecule has 1 aliphatic heterocycles. The van der Waals surface area contributed by atoms with Crippen LogP contribution in [-0.2, 0) is 11.2 Å². The number of aromatic amines is 1. The van der Waals surface area contributed by atoms with Crippen molar-refractivity contribution in [1.29, 1.82) is 0 Å². The van der Waals surface area contributed by atoms with E-state index in [1.165, 1.54) is 23.4 Å². The number of carbonyl (C=O) groups is 1. The van der Waals surface area contributed by atoms with E-state index in [1.54, 1.807) is 6.07 Å². The van der Waals surface area contributed by atoms with Crippen LogP contribution < -0.4 is 4.90 Å². The Morgan fingerprint density at radius 1 is 1.12 bits per heavy atom. The molecular formula is C21H22FN3O. The first-order valence-electron chi connectivity index (χ1n) is 8.95. The number of amides is 1. The van der Waals surface area contributed by atoms with Gasteiger partial charge in [0.05, 0.1) is 6.42 Å². The molecule has 0 aliphatic carbocycles. The first-order valence-corrected chi connectivity index (χ1v) is 8.95. The van der Waals surface area contributed by atoms with Crippen molar-refractivity contribution >= 4 is 22.5 Å². The largest absolute Gasteiger partial charge is 0.368 e.